The maximum atomic E-state index is 14.3. The molecule has 0 aliphatic carbocycles. The molecule has 0 fully saturated rings. The number of hydrogen-bond acceptors (Lipinski definition) is 3. The number of alkyl halides is 3. The standard InChI is InChI=1S/C24H22F5NO3S/c1-5-16(7-6-14(2)24(27,28)29)15(3)30-23(31)18-10-17(11-20(12-18)34(4,32)33)21-9-8-19(25)13-22(21)26/h5-13,15H,1H2,2-4H3,(H,30,31)/b14-6+,16-7+/t15-/m1/s1. The Kier molecular flexibility index (Phi) is 8.20. The highest BCUT2D eigenvalue weighted by atomic mass is 32.2. The number of halogens is 5. The normalized spacial score (nSPS) is 14.0. The molecule has 0 unspecified atom stereocenters. The van der Waals surface area contributed by atoms with Gasteiger partial charge in [0.2, 0.25) is 0 Å². The number of benzene rings is 2. The number of sulfone groups is 1. The van der Waals surface area contributed by atoms with Crippen LogP contribution in [0.25, 0.3) is 11.1 Å². The molecule has 0 aliphatic heterocycles. The second-order valence-electron chi connectivity index (χ2n) is 7.56. The van der Waals surface area contributed by atoms with Gasteiger partial charge in [0.25, 0.3) is 5.91 Å². The Morgan fingerprint density at radius 2 is 1.74 bits per heavy atom. The first-order valence-corrected chi connectivity index (χ1v) is 11.7. The van der Waals surface area contributed by atoms with Crippen molar-refractivity contribution in [1.29, 1.82) is 0 Å². The average Bonchev–Trinajstić information content (AvgIpc) is 2.72. The molecule has 0 heterocycles. The minimum absolute atomic E-state index is 0.0291. The highest BCUT2D eigenvalue weighted by Crippen LogP contribution is 2.28. The molecular weight excluding hydrogens is 477 g/mol. The van der Waals surface area contributed by atoms with E-state index in [1.807, 2.05) is 0 Å². The summed E-state index contributed by atoms with van der Waals surface area (Å²) in [6.45, 7) is 5.94. The van der Waals surface area contributed by atoms with E-state index in [-0.39, 0.29) is 27.2 Å². The Bertz CT molecular complexity index is 1280. The van der Waals surface area contributed by atoms with Crippen molar-refractivity contribution < 1.29 is 35.2 Å². The largest absolute Gasteiger partial charge is 0.412 e. The molecule has 0 bridgehead atoms. The lowest BCUT2D eigenvalue weighted by atomic mass is 10.0. The van der Waals surface area contributed by atoms with Gasteiger partial charge >= 0.3 is 6.18 Å². The lowest BCUT2D eigenvalue weighted by Gasteiger charge is -2.16. The maximum Gasteiger partial charge on any atom is 0.412 e. The minimum atomic E-state index is -4.51. The van der Waals surface area contributed by atoms with Crippen molar-refractivity contribution in [2.24, 2.45) is 0 Å². The van der Waals surface area contributed by atoms with Crippen molar-refractivity contribution in [2.45, 2.75) is 31.0 Å². The fourth-order valence-electron chi connectivity index (χ4n) is 2.89. The average molecular weight is 500 g/mol. The molecule has 0 saturated heterocycles. The molecule has 4 nitrogen and oxygen atoms in total. The zero-order chi connectivity index (χ0) is 25.8. The van der Waals surface area contributed by atoms with E-state index < -0.39 is 45.2 Å². The predicted octanol–water partition coefficient (Wildman–Crippen LogP) is 5.77. The van der Waals surface area contributed by atoms with E-state index in [0.717, 1.165) is 49.6 Å². The van der Waals surface area contributed by atoms with Crippen molar-refractivity contribution >= 4 is 15.7 Å². The highest BCUT2D eigenvalue weighted by molar-refractivity contribution is 7.90. The zero-order valence-corrected chi connectivity index (χ0v) is 19.3. The van der Waals surface area contributed by atoms with Crippen molar-refractivity contribution in [1.82, 2.24) is 5.32 Å². The SMILES string of the molecule is C=C/C(=C\C=C(/C)C(F)(F)F)[C@@H](C)NC(=O)c1cc(-c2ccc(F)cc2F)cc(S(C)(=O)=O)c1. The molecule has 2 aromatic rings. The van der Waals surface area contributed by atoms with Crippen LogP contribution in [0.15, 0.2) is 77.2 Å². The summed E-state index contributed by atoms with van der Waals surface area (Å²) >= 11 is 0. The monoisotopic (exact) mass is 499 g/mol. The smallest absolute Gasteiger partial charge is 0.346 e. The summed E-state index contributed by atoms with van der Waals surface area (Å²) in [5.41, 5.74) is -0.813. The van der Waals surface area contributed by atoms with Gasteiger partial charge in [-0.25, -0.2) is 17.2 Å². The van der Waals surface area contributed by atoms with E-state index >= 15 is 0 Å². The first-order valence-electron chi connectivity index (χ1n) is 9.83. The Balaban J connectivity index is 2.46. The number of carbonyl (C=O) groups excluding carboxylic acids is 1. The second-order valence-corrected chi connectivity index (χ2v) is 9.57. The van der Waals surface area contributed by atoms with Gasteiger partial charge in [0, 0.05) is 29.0 Å². The van der Waals surface area contributed by atoms with Crippen LogP contribution < -0.4 is 5.32 Å². The molecule has 0 aromatic heterocycles. The third kappa shape index (κ3) is 6.86. The summed E-state index contributed by atoms with van der Waals surface area (Å²) in [6, 6.07) is 5.42. The number of hydrogen-bond donors (Lipinski definition) is 1. The third-order valence-corrected chi connectivity index (χ3v) is 5.99. The molecule has 1 N–H and O–H groups in total. The van der Waals surface area contributed by atoms with Gasteiger partial charge in [0.15, 0.2) is 9.84 Å². The maximum absolute atomic E-state index is 14.3. The number of amides is 1. The summed E-state index contributed by atoms with van der Waals surface area (Å²) < 4.78 is 90.0. The van der Waals surface area contributed by atoms with Gasteiger partial charge in [-0.1, -0.05) is 24.8 Å². The molecule has 0 aliphatic rings. The van der Waals surface area contributed by atoms with Crippen molar-refractivity contribution in [3.63, 3.8) is 0 Å². The number of allylic oxidation sites excluding steroid dienone is 3. The van der Waals surface area contributed by atoms with Gasteiger partial charge in [-0.2, -0.15) is 13.2 Å². The Morgan fingerprint density at radius 1 is 1.09 bits per heavy atom. The van der Waals surface area contributed by atoms with E-state index in [4.69, 9.17) is 0 Å². The predicted molar refractivity (Wildman–Crippen MR) is 120 cm³/mol. The van der Waals surface area contributed by atoms with E-state index in [1.54, 1.807) is 0 Å². The van der Waals surface area contributed by atoms with E-state index in [2.05, 4.69) is 11.9 Å². The first-order chi connectivity index (χ1) is 15.6. The van der Waals surface area contributed by atoms with Gasteiger partial charge in [0.1, 0.15) is 11.6 Å². The van der Waals surface area contributed by atoms with Crippen LogP contribution in [0.4, 0.5) is 22.0 Å². The summed E-state index contributed by atoms with van der Waals surface area (Å²) in [7, 11) is -3.81. The topological polar surface area (TPSA) is 63.2 Å². The van der Waals surface area contributed by atoms with Crippen LogP contribution in [-0.2, 0) is 9.84 Å². The summed E-state index contributed by atoms with van der Waals surface area (Å²) in [4.78, 5) is 12.6. The Labute approximate surface area is 194 Å². The van der Waals surface area contributed by atoms with Gasteiger partial charge in [0.05, 0.1) is 10.9 Å². The van der Waals surface area contributed by atoms with E-state index in [0.29, 0.717) is 6.07 Å². The van der Waals surface area contributed by atoms with Gasteiger partial charge in [-0.3, -0.25) is 4.79 Å². The molecule has 2 rings (SSSR count). The molecule has 1 atom stereocenters. The fourth-order valence-corrected chi connectivity index (χ4v) is 3.57. The molecule has 0 radical (unpaired) electrons. The summed E-state index contributed by atoms with van der Waals surface area (Å²) in [5, 5.41) is 2.55. The Morgan fingerprint density at radius 3 is 2.26 bits per heavy atom. The van der Waals surface area contributed by atoms with Crippen LogP contribution in [0.2, 0.25) is 0 Å². The molecule has 1 amide bonds. The first kappa shape index (κ1) is 27.0. The molecular formula is C24H22F5NO3S. The molecule has 10 heteroatoms. The third-order valence-electron chi connectivity index (χ3n) is 4.90. The lowest BCUT2D eigenvalue weighted by Crippen LogP contribution is -2.33. The molecule has 182 valence electrons. The fraction of sp³-hybridized carbons (Fsp3) is 0.208. The van der Waals surface area contributed by atoms with Crippen LogP contribution >= 0.6 is 0 Å². The minimum Gasteiger partial charge on any atom is -0.346 e. The van der Waals surface area contributed by atoms with Gasteiger partial charge in [-0.15, -0.1) is 0 Å². The molecule has 0 saturated carbocycles. The van der Waals surface area contributed by atoms with Crippen LogP contribution in [0.3, 0.4) is 0 Å². The van der Waals surface area contributed by atoms with Crippen LogP contribution in [0.1, 0.15) is 24.2 Å². The van der Waals surface area contributed by atoms with Crippen LogP contribution in [0, 0.1) is 11.6 Å². The summed E-state index contributed by atoms with van der Waals surface area (Å²) in [6.07, 6.45) is -0.317. The zero-order valence-electron chi connectivity index (χ0n) is 18.5. The van der Waals surface area contributed by atoms with Gasteiger partial charge in [-0.05, 0) is 55.3 Å². The Hall–Kier alpha value is -3.27. The number of nitrogens with one attached hydrogen (secondary N) is 1. The lowest BCUT2D eigenvalue weighted by molar-refractivity contribution is -0.0913. The van der Waals surface area contributed by atoms with Crippen LogP contribution in [-0.4, -0.2) is 32.8 Å². The molecule has 2 aromatic carbocycles. The second kappa shape index (κ2) is 10.3. The van der Waals surface area contributed by atoms with Crippen LogP contribution in [0.5, 0.6) is 0 Å². The van der Waals surface area contributed by atoms with E-state index in [9.17, 15) is 35.2 Å². The van der Waals surface area contributed by atoms with Gasteiger partial charge < -0.3 is 5.32 Å². The van der Waals surface area contributed by atoms with Crippen molar-refractivity contribution in [3.05, 3.63) is 89.5 Å². The molecule has 0 spiro atoms. The van der Waals surface area contributed by atoms with Crippen molar-refractivity contribution in [2.75, 3.05) is 6.26 Å². The van der Waals surface area contributed by atoms with E-state index in [1.165, 1.54) is 19.1 Å². The molecule has 34 heavy (non-hydrogen) atoms. The quantitative estimate of drug-likeness (QED) is 0.388. The summed E-state index contributed by atoms with van der Waals surface area (Å²) in [5.74, 6) is -2.54. The number of rotatable bonds is 7. The number of carbonyl (C=O) groups is 1. The van der Waals surface area contributed by atoms with Crippen molar-refractivity contribution in [3.8, 4) is 11.1 Å². The highest BCUT2D eigenvalue weighted by Gasteiger charge is 2.29.